The number of hydrazone groups is 1. The third-order valence-electron chi connectivity index (χ3n) is 4.54. The van der Waals surface area contributed by atoms with Crippen molar-refractivity contribution in [3.8, 4) is 11.5 Å². The number of hydrogen-bond donors (Lipinski definition) is 1. The quantitative estimate of drug-likeness (QED) is 0.809. The number of quaternary nitrogens is 1. The highest BCUT2D eigenvalue weighted by molar-refractivity contribution is 5.83. The smallest absolute Gasteiger partial charge is 0.131 e. The molecule has 1 fully saturated rings. The summed E-state index contributed by atoms with van der Waals surface area (Å²) in [7, 11) is 3.32. The van der Waals surface area contributed by atoms with Crippen LogP contribution in [-0.2, 0) is 6.54 Å². The molecule has 0 atom stereocenters. The second-order valence-corrected chi connectivity index (χ2v) is 6.22. The van der Waals surface area contributed by atoms with E-state index < -0.39 is 0 Å². The van der Waals surface area contributed by atoms with Crippen LogP contribution in [0.2, 0.25) is 0 Å². The first-order valence-electron chi connectivity index (χ1n) is 8.67. The summed E-state index contributed by atoms with van der Waals surface area (Å²) in [6, 6.07) is 16.5. The lowest BCUT2D eigenvalue weighted by atomic mass is 10.2. The molecule has 5 heteroatoms. The number of nitrogens with one attached hydrogen (secondary N) is 1. The Kier molecular flexibility index (Phi) is 5.90. The van der Waals surface area contributed by atoms with Crippen LogP contribution >= 0.6 is 0 Å². The van der Waals surface area contributed by atoms with Gasteiger partial charge in [-0.25, -0.2) is 0 Å². The molecule has 0 unspecified atom stereocenters. The molecule has 5 nitrogen and oxygen atoms in total. The van der Waals surface area contributed by atoms with E-state index in [1.54, 1.807) is 19.1 Å². The summed E-state index contributed by atoms with van der Waals surface area (Å²) in [6.45, 7) is 5.23. The lowest BCUT2D eigenvalue weighted by Crippen LogP contribution is -3.13. The van der Waals surface area contributed by atoms with Crippen LogP contribution in [0, 0.1) is 0 Å². The van der Waals surface area contributed by atoms with E-state index in [-0.39, 0.29) is 0 Å². The molecule has 0 saturated carbocycles. The van der Waals surface area contributed by atoms with Crippen molar-refractivity contribution in [2.75, 3.05) is 40.4 Å². The van der Waals surface area contributed by atoms with Gasteiger partial charge in [0.2, 0.25) is 0 Å². The first kappa shape index (κ1) is 17.3. The van der Waals surface area contributed by atoms with Crippen molar-refractivity contribution in [3.63, 3.8) is 0 Å². The Morgan fingerprint density at radius 2 is 1.80 bits per heavy atom. The van der Waals surface area contributed by atoms with E-state index in [1.165, 1.54) is 5.56 Å². The standard InChI is InChI=1S/C20H25N3O2/c1-24-19-9-8-18(20(14-19)25-2)15-21-23-12-10-22(11-13-23)16-17-6-4-3-5-7-17/h3-9,14-15H,10-13,16H2,1-2H3/p+1. The van der Waals surface area contributed by atoms with Gasteiger partial charge in [-0.3, -0.25) is 5.01 Å². The molecule has 3 rings (SSSR count). The summed E-state index contributed by atoms with van der Waals surface area (Å²) in [5, 5.41) is 6.77. The number of piperazine rings is 1. The summed E-state index contributed by atoms with van der Waals surface area (Å²) < 4.78 is 10.6. The zero-order valence-electron chi connectivity index (χ0n) is 14.9. The number of hydrogen-bond acceptors (Lipinski definition) is 4. The fourth-order valence-corrected chi connectivity index (χ4v) is 3.06. The Balaban J connectivity index is 1.54. The highest BCUT2D eigenvalue weighted by Gasteiger charge is 2.18. The molecule has 25 heavy (non-hydrogen) atoms. The molecule has 2 aromatic rings. The molecule has 1 saturated heterocycles. The van der Waals surface area contributed by atoms with Gasteiger partial charge in [0.25, 0.3) is 0 Å². The van der Waals surface area contributed by atoms with E-state index in [0.29, 0.717) is 0 Å². The first-order chi connectivity index (χ1) is 12.3. The van der Waals surface area contributed by atoms with Crippen LogP contribution in [0.15, 0.2) is 53.6 Å². The molecule has 2 aromatic carbocycles. The maximum absolute atomic E-state index is 5.42. The SMILES string of the molecule is COc1ccc(C=NN2CC[NH+](Cc3ccccc3)CC2)c(OC)c1. The second kappa shape index (κ2) is 8.53. The van der Waals surface area contributed by atoms with E-state index >= 15 is 0 Å². The Morgan fingerprint density at radius 3 is 2.48 bits per heavy atom. The van der Waals surface area contributed by atoms with Crippen LogP contribution in [0.5, 0.6) is 11.5 Å². The van der Waals surface area contributed by atoms with E-state index in [9.17, 15) is 0 Å². The molecule has 0 amide bonds. The molecule has 0 bridgehead atoms. The topological polar surface area (TPSA) is 38.5 Å². The Morgan fingerprint density at radius 1 is 1.04 bits per heavy atom. The lowest BCUT2D eigenvalue weighted by molar-refractivity contribution is -0.918. The molecule has 1 aliphatic heterocycles. The first-order valence-corrected chi connectivity index (χ1v) is 8.67. The molecule has 0 spiro atoms. The van der Waals surface area contributed by atoms with Gasteiger partial charge in [-0.05, 0) is 12.1 Å². The molecule has 1 aliphatic rings. The van der Waals surface area contributed by atoms with Crippen molar-refractivity contribution in [1.82, 2.24) is 5.01 Å². The van der Waals surface area contributed by atoms with Gasteiger partial charge in [-0.1, -0.05) is 30.3 Å². The molecule has 0 aliphatic carbocycles. The van der Waals surface area contributed by atoms with Crippen molar-refractivity contribution in [1.29, 1.82) is 0 Å². The number of ether oxygens (including phenoxy) is 2. The van der Waals surface area contributed by atoms with Crippen LogP contribution in [0.4, 0.5) is 0 Å². The van der Waals surface area contributed by atoms with Crippen molar-refractivity contribution >= 4 is 6.21 Å². The maximum Gasteiger partial charge on any atom is 0.131 e. The Labute approximate surface area is 149 Å². The van der Waals surface area contributed by atoms with Gasteiger partial charge < -0.3 is 14.4 Å². The average molecular weight is 340 g/mol. The predicted octanol–water partition coefficient (Wildman–Crippen LogP) is 1.44. The fourth-order valence-electron chi connectivity index (χ4n) is 3.06. The van der Waals surface area contributed by atoms with Crippen LogP contribution in [0.3, 0.4) is 0 Å². The van der Waals surface area contributed by atoms with Gasteiger partial charge >= 0.3 is 0 Å². The van der Waals surface area contributed by atoms with Crippen molar-refractivity contribution in [3.05, 3.63) is 59.7 Å². The molecular formula is C20H26N3O2+. The van der Waals surface area contributed by atoms with Gasteiger partial charge in [0, 0.05) is 17.2 Å². The molecular weight excluding hydrogens is 314 g/mol. The highest BCUT2D eigenvalue weighted by Crippen LogP contribution is 2.23. The van der Waals surface area contributed by atoms with Crippen molar-refractivity contribution in [2.24, 2.45) is 5.10 Å². The molecule has 132 valence electrons. The number of methoxy groups -OCH3 is 2. The molecule has 0 aromatic heterocycles. The van der Waals surface area contributed by atoms with Crippen LogP contribution < -0.4 is 14.4 Å². The summed E-state index contributed by atoms with van der Waals surface area (Å²) in [4.78, 5) is 1.61. The van der Waals surface area contributed by atoms with E-state index in [4.69, 9.17) is 9.47 Å². The van der Waals surface area contributed by atoms with E-state index in [1.807, 2.05) is 24.4 Å². The zero-order chi connectivity index (χ0) is 17.5. The Hall–Kier alpha value is -2.53. The molecule has 1 heterocycles. The van der Waals surface area contributed by atoms with Crippen LogP contribution in [-0.4, -0.2) is 51.6 Å². The van der Waals surface area contributed by atoms with E-state index in [0.717, 1.165) is 49.8 Å². The number of nitrogens with zero attached hydrogens (tertiary/aromatic N) is 2. The number of benzene rings is 2. The third kappa shape index (κ3) is 4.73. The summed E-state index contributed by atoms with van der Waals surface area (Å²) in [5.41, 5.74) is 2.36. The Bertz CT molecular complexity index is 695. The highest BCUT2D eigenvalue weighted by atomic mass is 16.5. The van der Waals surface area contributed by atoms with Gasteiger partial charge in [0.15, 0.2) is 0 Å². The van der Waals surface area contributed by atoms with E-state index in [2.05, 4.69) is 40.4 Å². The number of rotatable bonds is 6. The van der Waals surface area contributed by atoms with Gasteiger partial charge in [0.1, 0.15) is 18.0 Å². The second-order valence-electron chi connectivity index (χ2n) is 6.22. The summed E-state index contributed by atoms with van der Waals surface area (Å²) >= 11 is 0. The predicted molar refractivity (Wildman–Crippen MR) is 99.6 cm³/mol. The monoisotopic (exact) mass is 340 g/mol. The fraction of sp³-hybridized carbons (Fsp3) is 0.350. The summed E-state index contributed by atoms with van der Waals surface area (Å²) in [6.07, 6.45) is 1.88. The molecule has 1 N–H and O–H groups in total. The van der Waals surface area contributed by atoms with Crippen molar-refractivity contribution in [2.45, 2.75) is 6.54 Å². The third-order valence-corrected chi connectivity index (χ3v) is 4.54. The minimum atomic E-state index is 0.774. The largest absolute Gasteiger partial charge is 0.497 e. The normalized spacial score (nSPS) is 15.5. The van der Waals surface area contributed by atoms with Crippen LogP contribution in [0.25, 0.3) is 0 Å². The van der Waals surface area contributed by atoms with Crippen LogP contribution in [0.1, 0.15) is 11.1 Å². The lowest BCUT2D eigenvalue weighted by Gasteiger charge is -2.30. The minimum absolute atomic E-state index is 0.774. The van der Waals surface area contributed by atoms with Gasteiger partial charge in [-0.2, -0.15) is 5.10 Å². The van der Waals surface area contributed by atoms with Crippen molar-refractivity contribution < 1.29 is 14.4 Å². The maximum atomic E-state index is 5.42. The summed E-state index contributed by atoms with van der Waals surface area (Å²) in [5.74, 6) is 1.56. The minimum Gasteiger partial charge on any atom is -0.497 e. The molecule has 0 radical (unpaired) electrons. The van der Waals surface area contributed by atoms with Gasteiger partial charge in [0.05, 0.1) is 46.6 Å². The average Bonchev–Trinajstić information content (AvgIpc) is 2.68. The van der Waals surface area contributed by atoms with Gasteiger partial charge in [-0.15, -0.1) is 0 Å². The zero-order valence-corrected chi connectivity index (χ0v) is 14.9.